The molecule has 0 saturated heterocycles. The standard InChI is InChI=1S/C9H17NOS.CH3NOS.Te/c1-7(10-9(11)12)8-5-3-2-4-6-8;2-1(3)4;/h7-8H,2-6H2,1H3,(H2,10,11,12);(H3,2,3,4);. The summed E-state index contributed by atoms with van der Waals surface area (Å²) in [5.74, 6) is 0.676. The first-order valence-corrected chi connectivity index (χ1v) is 6.30. The maximum Gasteiger partial charge on any atom is 0.276 e. The van der Waals surface area contributed by atoms with Crippen molar-refractivity contribution in [3.63, 3.8) is 0 Å². The van der Waals surface area contributed by atoms with Crippen molar-refractivity contribution in [2.24, 2.45) is 11.7 Å². The van der Waals surface area contributed by atoms with Crippen molar-refractivity contribution < 1.29 is 9.59 Å². The zero-order valence-corrected chi connectivity index (χ0v) is 14.0. The molecular weight excluding hydrogens is 372 g/mol. The van der Waals surface area contributed by atoms with E-state index in [2.05, 4.69) is 43.2 Å². The molecule has 7 heteroatoms. The number of thiol groups is 2. The number of carbonyl (C=O) groups excluding carboxylic acids is 2. The second-order valence-corrected chi connectivity index (χ2v) is 4.82. The molecule has 0 aromatic carbocycles. The minimum atomic E-state index is -0.639. The summed E-state index contributed by atoms with van der Waals surface area (Å²) < 4.78 is 0. The average molecular weight is 392 g/mol. The molecule has 1 rings (SSSR count). The molecule has 1 unspecified atom stereocenters. The summed E-state index contributed by atoms with van der Waals surface area (Å²) in [7, 11) is 0. The first-order chi connectivity index (χ1) is 7.43. The first-order valence-electron chi connectivity index (χ1n) is 5.41. The third kappa shape index (κ3) is 12.7. The molecule has 3 N–H and O–H groups in total. The number of carbonyl (C=O) groups is 2. The number of primary amides is 1. The maximum atomic E-state index is 10.6. The van der Waals surface area contributed by atoms with Crippen LogP contribution in [0.3, 0.4) is 0 Å². The van der Waals surface area contributed by atoms with Crippen molar-refractivity contribution in [1.29, 1.82) is 0 Å². The Labute approximate surface area is 130 Å². The van der Waals surface area contributed by atoms with Crippen molar-refractivity contribution in [1.82, 2.24) is 5.32 Å². The number of hydrogen-bond donors (Lipinski definition) is 4. The molecule has 4 nitrogen and oxygen atoms in total. The Hall–Kier alpha value is 0.430. The Bertz CT molecular complexity index is 232. The smallest absolute Gasteiger partial charge is 0.276 e. The van der Waals surface area contributed by atoms with Crippen molar-refractivity contribution in [2.75, 3.05) is 0 Å². The molecule has 1 fully saturated rings. The van der Waals surface area contributed by atoms with Crippen LogP contribution in [0.1, 0.15) is 39.0 Å². The molecule has 1 saturated carbocycles. The van der Waals surface area contributed by atoms with Gasteiger partial charge >= 0.3 is 0 Å². The Kier molecular flexibility index (Phi) is 13.4. The topological polar surface area (TPSA) is 72.2 Å². The maximum absolute atomic E-state index is 10.6. The predicted octanol–water partition coefficient (Wildman–Crippen LogP) is 2.21. The van der Waals surface area contributed by atoms with Gasteiger partial charge in [-0.25, -0.2) is 0 Å². The van der Waals surface area contributed by atoms with Crippen LogP contribution in [-0.2, 0) is 0 Å². The molecular formula is C10H20N2O2S2Te. The van der Waals surface area contributed by atoms with E-state index in [1.54, 1.807) is 0 Å². The van der Waals surface area contributed by atoms with Crippen LogP contribution in [0, 0.1) is 5.92 Å². The van der Waals surface area contributed by atoms with E-state index in [0.29, 0.717) is 12.0 Å². The zero-order valence-electron chi connectivity index (χ0n) is 9.89. The molecule has 2 amide bonds. The van der Waals surface area contributed by atoms with E-state index in [-0.39, 0.29) is 28.9 Å². The molecule has 0 aromatic heterocycles. The molecule has 1 aliphatic rings. The van der Waals surface area contributed by atoms with Crippen LogP contribution in [0.25, 0.3) is 0 Å². The summed E-state index contributed by atoms with van der Waals surface area (Å²) in [4.78, 5) is 19.7. The van der Waals surface area contributed by atoms with E-state index >= 15 is 0 Å². The van der Waals surface area contributed by atoms with Gasteiger partial charge in [-0.1, -0.05) is 44.5 Å². The van der Waals surface area contributed by atoms with Gasteiger partial charge in [0.05, 0.1) is 0 Å². The monoisotopic (exact) mass is 394 g/mol. The van der Waals surface area contributed by atoms with Gasteiger partial charge < -0.3 is 11.1 Å². The van der Waals surface area contributed by atoms with Gasteiger partial charge in [-0.05, 0) is 25.7 Å². The number of nitrogens with one attached hydrogen (secondary N) is 1. The third-order valence-corrected chi connectivity index (χ3v) is 2.84. The normalized spacial score (nSPS) is 16.9. The van der Waals surface area contributed by atoms with E-state index < -0.39 is 5.24 Å². The SMILES string of the molecule is CC(NC(=O)S)C1CCCCC1.NC(=O)S.[Te]. The van der Waals surface area contributed by atoms with Crippen molar-refractivity contribution in [3.05, 3.63) is 0 Å². The van der Waals surface area contributed by atoms with Crippen molar-refractivity contribution >= 4 is 59.4 Å². The summed E-state index contributed by atoms with van der Waals surface area (Å²) in [6, 6.07) is 0.301. The third-order valence-electron chi connectivity index (χ3n) is 2.71. The molecule has 0 bridgehead atoms. The van der Waals surface area contributed by atoms with Crippen LogP contribution in [-0.4, -0.2) is 40.2 Å². The van der Waals surface area contributed by atoms with Gasteiger partial charge in [-0.15, -0.1) is 0 Å². The largest absolute Gasteiger partial charge is 0.361 e. The molecule has 0 heterocycles. The summed E-state index contributed by atoms with van der Waals surface area (Å²) in [6.07, 6.45) is 6.51. The Morgan fingerprint density at radius 3 is 2.00 bits per heavy atom. The Balaban J connectivity index is 0. The Morgan fingerprint density at radius 2 is 1.65 bits per heavy atom. The quantitative estimate of drug-likeness (QED) is 0.430. The molecule has 2 radical (unpaired) electrons. The minimum absolute atomic E-state index is 0. The zero-order chi connectivity index (χ0) is 12.6. The summed E-state index contributed by atoms with van der Waals surface area (Å²) in [6.45, 7) is 2.07. The molecule has 0 aromatic rings. The van der Waals surface area contributed by atoms with Crippen LogP contribution in [0.4, 0.5) is 9.59 Å². The summed E-state index contributed by atoms with van der Waals surface area (Å²) in [5, 5.41) is 2.00. The average Bonchev–Trinajstić information content (AvgIpc) is 2.17. The van der Waals surface area contributed by atoms with Gasteiger partial charge in [-0.3, -0.25) is 9.59 Å². The minimum Gasteiger partial charge on any atom is -0.361 e. The van der Waals surface area contributed by atoms with Gasteiger partial charge in [0, 0.05) is 29.7 Å². The number of hydrogen-bond acceptors (Lipinski definition) is 2. The molecule has 0 spiro atoms. The second kappa shape index (κ2) is 11.5. The van der Waals surface area contributed by atoms with Crippen LogP contribution >= 0.6 is 25.3 Å². The number of rotatable bonds is 2. The summed E-state index contributed by atoms with van der Waals surface area (Å²) >= 11 is 6.81. The second-order valence-electron chi connectivity index (χ2n) is 3.97. The van der Waals surface area contributed by atoms with Gasteiger partial charge in [0.1, 0.15) is 0 Å². The number of amides is 2. The number of nitrogens with two attached hydrogens (primary N) is 1. The molecule has 17 heavy (non-hydrogen) atoms. The van der Waals surface area contributed by atoms with Crippen LogP contribution in [0.2, 0.25) is 0 Å². The van der Waals surface area contributed by atoms with Crippen LogP contribution in [0.15, 0.2) is 0 Å². The van der Waals surface area contributed by atoms with Gasteiger partial charge in [0.25, 0.3) is 10.5 Å². The fourth-order valence-corrected chi connectivity index (χ4v) is 2.15. The van der Waals surface area contributed by atoms with E-state index in [1.165, 1.54) is 32.1 Å². The van der Waals surface area contributed by atoms with E-state index in [1.807, 2.05) is 0 Å². The van der Waals surface area contributed by atoms with E-state index in [9.17, 15) is 4.79 Å². The van der Waals surface area contributed by atoms with Crippen LogP contribution < -0.4 is 11.1 Å². The van der Waals surface area contributed by atoms with Gasteiger partial charge in [0.2, 0.25) is 0 Å². The fourth-order valence-electron chi connectivity index (χ4n) is 1.95. The van der Waals surface area contributed by atoms with E-state index in [0.717, 1.165) is 0 Å². The Morgan fingerprint density at radius 1 is 1.24 bits per heavy atom. The van der Waals surface area contributed by atoms with Crippen molar-refractivity contribution in [2.45, 2.75) is 45.1 Å². The fraction of sp³-hybridized carbons (Fsp3) is 0.800. The summed E-state index contributed by atoms with van der Waals surface area (Å²) in [5.41, 5.74) is 4.34. The van der Waals surface area contributed by atoms with E-state index in [4.69, 9.17) is 4.79 Å². The van der Waals surface area contributed by atoms with Crippen LogP contribution in [0.5, 0.6) is 0 Å². The molecule has 100 valence electrons. The van der Waals surface area contributed by atoms with Crippen molar-refractivity contribution in [3.8, 4) is 0 Å². The van der Waals surface area contributed by atoms with Gasteiger partial charge in [0.15, 0.2) is 0 Å². The predicted molar refractivity (Wildman–Crippen MR) is 77.9 cm³/mol. The first kappa shape index (κ1) is 19.8. The molecule has 1 atom stereocenters. The molecule has 0 aliphatic heterocycles. The molecule has 1 aliphatic carbocycles. The van der Waals surface area contributed by atoms with Gasteiger partial charge in [-0.2, -0.15) is 0 Å².